The Balaban J connectivity index is 1.22. The van der Waals surface area contributed by atoms with Crippen molar-refractivity contribution in [1.82, 2.24) is 15.0 Å². The van der Waals surface area contributed by atoms with Crippen LogP contribution in [0.3, 0.4) is 0 Å². The summed E-state index contributed by atoms with van der Waals surface area (Å²) in [6, 6.07) is 13.7. The van der Waals surface area contributed by atoms with E-state index in [0.29, 0.717) is 32.0 Å². The number of ether oxygens (including phenoxy) is 1. The molecule has 0 unspecified atom stereocenters. The van der Waals surface area contributed by atoms with E-state index >= 15 is 0 Å². The van der Waals surface area contributed by atoms with Crippen molar-refractivity contribution in [1.29, 1.82) is 0 Å². The molecule has 1 aliphatic rings. The fraction of sp³-hybridized carbons (Fsp3) is 0.200. The first-order valence-corrected chi connectivity index (χ1v) is 11.2. The number of hydrazone groups is 1. The molecule has 1 aliphatic heterocycles. The minimum absolute atomic E-state index is 0.203. The first-order chi connectivity index (χ1) is 17.1. The molecular formula is C25H24FN7O2. The minimum Gasteiger partial charge on any atom is -0.464 e. The van der Waals surface area contributed by atoms with Crippen LogP contribution in [0.5, 0.6) is 0 Å². The summed E-state index contributed by atoms with van der Waals surface area (Å²) in [6.45, 7) is 4.27. The van der Waals surface area contributed by atoms with Crippen LogP contribution in [0.25, 0.3) is 11.3 Å². The van der Waals surface area contributed by atoms with Crippen LogP contribution in [0.1, 0.15) is 11.3 Å². The van der Waals surface area contributed by atoms with E-state index in [9.17, 15) is 4.39 Å². The predicted molar refractivity (Wildman–Crippen MR) is 133 cm³/mol. The molecule has 5 rings (SSSR count). The molecule has 10 heteroatoms. The number of rotatable bonds is 7. The first-order valence-electron chi connectivity index (χ1n) is 11.2. The van der Waals surface area contributed by atoms with Gasteiger partial charge in [-0.1, -0.05) is 0 Å². The predicted octanol–water partition coefficient (Wildman–Crippen LogP) is 4.61. The molecule has 0 radical (unpaired) electrons. The van der Waals surface area contributed by atoms with Gasteiger partial charge in [0.05, 0.1) is 49.5 Å². The number of nitrogens with zero attached hydrogens (tertiary/aromatic N) is 5. The lowest BCUT2D eigenvalue weighted by Crippen LogP contribution is -2.37. The van der Waals surface area contributed by atoms with Gasteiger partial charge < -0.3 is 19.4 Å². The smallest absolute Gasteiger partial charge is 0.245 e. The van der Waals surface area contributed by atoms with E-state index in [4.69, 9.17) is 9.15 Å². The third-order valence-corrected chi connectivity index (χ3v) is 5.36. The lowest BCUT2D eigenvalue weighted by Gasteiger charge is -2.27. The Labute approximate surface area is 201 Å². The summed E-state index contributed by atoms with van der Waals surface area (Å²) < 4.78 is 25.0. The van der Waals surface area contributed by atoms with E-state index in [1.807, 2.05) is 42.2 Å². The maximum atomic E-state index is 14.2. The number of benzene rings is 1. The van der Waals surface area contributed by atoms with Gasteiger partial charge >= 0.3 is 0 Å². The molecule has 0 aliphatic carbocycles. The molecule has 4 heterocycles. The van der Waals surface area contributed by atoms with Crippen LogP contribution in [0.15, 0.2) is 70.6 Å². The SMILES string of the molecule is Cc1cc(Nc2ccc(/C=N/Nc3ncc(F)c(N4CCOCC4)n3)nc2)cc(-c2ccco2)c1. The molecule has 0 bridgehead atoms. The summed E-state index contributed by atoms with van der Waals surface area (Å²) >= 11 is 0. The monoisotopic (exact) mass is 473 g/mol. The van der Waals surface area contributed by atoms with Gasteiger partial charge in [0.2, 0.25) is 5.95 Å². The van der Waals surface area contributed by atoms with Crippen LogP contribution in [-0.4, -0.2) is 47.5 Å². The number of aromatic nitrogens is 3. The zero-order valence-corrected chi connectivity index (χ0v) is 19.1. The van der Waals surface area contributed by atoms with Gasteiger partial charge in [-0.15, -0.1) is 0 Å². The van der Waals surface area contributed by atoms with E-state index in [1.165, 1.54) is 0 Å². The summed E-state index contributed by atoms with van der Waals surface area (Å²) in [7, 11) is 0. The summed E-state index contributed by atoms with van der Waals surface area (Å²) in [5.41, 5.74) is 7.26. The van der Waals surface area contributed by atoms with E-state index in [2.05, 4.69) is 42.9 Å². The zero-order valence-electron chi connectivity index (χ0n) is 19.1. The van der Waals surface area contributed by atoms with Crippen LogP contribution in [0.4, 0.5) is 27.5 Å². The van der Waals surface area contributed by atoms with Crippen molar-refractivity contribution >= 4 is 29.4 Å². The average Bonchev–Trinajstić information content (AvgIpc) is 3.42. The Morgan fingerprint density at radius 1 is 1.06 bits per heavy atom. The highest BCUT2D eigenvalue weighted by Crippen LogP contribution is 2.27. The molecule has 4 aromatic rings. The second kappa shape index (κ2) is 10.3. The van der Waals surface area contributed by atoms with Crippen LogP contribution < -0.4 is 15.6 Å². The Hall–Kier alpha value is -4.31. The van der Waals surface area contributed by atoms with Crippen molar-refractivity contribution in [2.75, 3.05) is 41.9 Å². The molecule has 0 saturated carbocycles. The van der Waals surface area contributed by atoms with E-state index in [1.54, 1.807) is 18.7 Å². The van der Waals surface area contributed by atoms with Crippen LogP contribution in [0.2, 0.25) is 0 Å². The molecule has 0 amide bonds. The third kappa shape index (κ3) is 5.61. The second-order valence-electron chi connectivity index (χ2n) is 8.00. The number of halogens is 1. The van der Waals surface area contributed by atoms with Crippen LogP contribution in [0, 0.1) is 12.7 Å². The molecule has 1 fully saturated rings. The number of nitrogens with one attached hydrogen (secondary N) is 2. The maximum Gasteiger partial charge on any atom is 0.245 e. The Kier molecular flexibility index (Phi) is 6.62. The van der Waals surface area contributed by atoms with Gasteiger partial charge in [-0.2, -0.15) is 10.1 Å². The van der Waals surface area contributed by atoms with Crippen LogP contribution in [-0.2, 0) is 4.74 Å². The highest BCUT2D eigenvalue weighted by atomic mass is 19.1. The standard InChI is InChI=1S/C25H24FN7O2/c1-17-11-18(23-3-2-8-35-23)13-21(12-17)30-20-5-4-19(27-14-20)15-29-32-25-28-16-22(26)24(31-25)33-6-9-34-10-7-33/h2-5,8,11-16,30H,6-7,9-10H2,1H3,(H,28,31,32)/b29-15+. The number of furan rings is 1. The summed E-state index contributed by atoms with van der Waals surface area (Å²) in [4.78, 5) is 14.4. The van der Waals surface area contributed by atoms with Crippen molar-refractivity contribution in [2.45, 2.75) is 6.92 Å². The topological polar surface area (TPSA) is 101 Å². The molecule has 3 aromatic heterocycles. The zero-order chi connectivity index (χ0) is 24.0. The van der Waals surface area contributed by atoms with Gasteiger partial charge in [0, 0.05) is 24.3 Å². The normalized spacial score (nSPS) is 13.8. The van der Waals surface area contributed by atoms with Crippen molar-refractivity contribution in [2.24, 2.45) is 5.10 Å². The summed E-state index contributed by atoms with van der Waals surface area (Å²) in [6.07, 6.45) is 6.07. The van der Waals surface area contributed by atoms with Gasteiger partial charge in [0.15, 0.2) is 11.6 Å². The molecule has 35 heavy (non-hydrogen) atoms. The van der Waals surface area contributed by atoms with E-state index < -0.39 is 5.82 Å². The second-order valence-corrected chi connectivity index (χ2v) is 8.00. The van der Waals surface area contributed by atoms with Gasteiger partial charge in [-0.3, -0.25) is 4.98 Å². The fourth-order valence-electron chi connectivity index (χ4n) is 3.73. The average molecular weight is 474 g/mol. The van der Waals surface area contributed by atoms with Crippen molar-refractivity contribution < 1.29 is 13.5 Å². The molecule has 9 nitrogen and oxygen atoms in total. The molecule has 1 aromatic carbocycles. The van der Waals surface area contributed by atoms with Crippen molar-refractivity contribution in [3.63, 3.8) is 0 Å². The lowest BCUT2D eigenvalue weighted by molar-refractivity contribution is 0.122. The Morgan fingerprint density at radius 3 is 2.71 bits per heavy atom. The molecule has 0 spiro atoms. The highest BCUT2D eigenvalue weighted by molar-refractivity contribution is 5.78. The van der Waals surface area contributed by atoms with E-state index in [0.717, 1.165) is 34.5 Å². The summed E-state index contributed by atoms with van der Waals surface area (Å²) in [5, 5.41) is 7.50. The Bertz CT molecular complexity index is 1300. The first kappa shape index (κ1) is 22.5. The number of hydrogen-bond donors (Lipinski definition) is 2. The fourth-order valence-corrected chi connectivity index (χ4v) is 3.73. The largest absolute Gasteiger partial charge is 0.464 e. The molecular weight excluding hydrogens is 449 g/mol. The molecule has 2 N–H and O–H groups in total. The molecule has 1 saturated heterocycles. The summed E-state index contributed by atoms with van der Waals surface area (Å²) in [5.74, 6) is 0.780. The number of aryl methyl sites for hydroxylation is 1. The third-order valence-electron chi connectivity index (χ3n) is 5.36. The van der Waals surface area contributed by atoms with Crippen LogP contribution >= 0.6 is 0 Å². The van der Waals surface area contributed by atoms with Gasteiger partial charge in [-0.25, -0.2) is 14.8 Å². The minimum atomic E-state index is -0.476. The van der Waals surface area contributed by atoms with Crippen molar-refractivity contribution in [3.05, 3.63) is 78.2 Å². The number of pyridine rings is 1. The maximum absolute atomic E-state index is 14.2. The van der Waals surface area contributed by atoms with Gasteiger partial charge in [-0.05, 0) is 55.0 Å². The molecule has 178 valence electrons. The van der Waals surface area contributed by atoms with Crippen molar-refractivity contribution in [3.8, 4) is 11.3 Å². The lowest BCUT2D eigenvalue weighted by atomic mass is 10.1. The highest BCUT2D eigenvalue weighted by Gasteiger charge is 2.17. The van der Waals surface area contributed by atoms with Gasteiger partial charge in [0.1, 0.15) is 5.76 Å². The quantitative estimate of drug-likeness (QED) is 0.297. The van der Waals surface area contributed by atoms with Gasteiger partial charge in [0.25, 0.3) is 0 Å². The van der Waals surface area contributed by atoms with E-state index in [-0.39, 0.29) is 11.8 Å². The number of anilines is 4. The molecule has 0 atom stereocenters. The number of morpholine rings is 1. The Morgan fingerprint density at radius 2 is 1.94 bits per heavy atom. The number of hydrogen-bond acceptors (Lipinski definition) is 9.